The SMILES string of the molecule is COc1cc(/C=N/NC(=O)COc2ccc(Br)cc2Cl)ccc1O. The summed E-state index contributed by atoms with van der Waals surface area (Å²) in [7, 11) is 1.45. The minimum absolute atomic E-state index is 0.0264. The Hall–Kier alpha value is -2.25. The van der Waals surface area contributed by atoms with Gasteiger partial charge in [0.25, 0.3) is 5.91 Å². The van der Waals surface area contributed by atoms with Crippen LogP contribution >= 0.6 is 27.5 Å². The van der Waals surface area contributed by atoms with Crippen LogP contribution in [0.15, 0.2) is 46.0 Å². The minimum Gasteiger partial charge on any atom is -0.504 e. The highest BCUT2D eigenvalue weighted by Gasteiger charge is 2.06. The molecule has 2 rings (SSSR count). The maximum Gasteiger partial charge on any atom is 0.277 e. The van der Waals surface area contributed by atoms with Crippen molar-refractivity contribution in [3.05, 3.63) is 51.5 Å². The number of rotatable bonds is 6. The molecular weight excluding hydrogens is 400 g/mol. The molecule has 0 atom stereocenters. The van der Waals surface area contributed by atoms with Crippen LogP contribution < -0.4 is 14.9 Å². The molecule has 0 heterocycles. The first-order valence-corrected chi connectivity index (χ1v) is 7.93. The zero-order valence-corrected chi connectivity index (χ0v) is 15.0. The highest BCUT2D eigenvalue weighted by atomic mass is 79.9. The summed E-state index contributed by atoms with van der Waals surface area (Å²) in [5, 5.41) is 13.7. The summed E-state index contributed by atoms with van der Waals surface area (Å²) in [6.07, 6.45) is 1.42. The Morgan fingerprint density at radius 2 is 2.12 bits per heavy atom. The van der Waals surface area contributed by atoms with Gasteiger partial charge in [-0.2, -0.15) is 5.10 Å². The maximum atomic E-state index is 11.7. The van der Waals surface area contributed by atoms with Crippen molar-refractivity contribution in [2.24, 2.45) is 5.10 Å². The van der Waals surface area contributed by atoms with Crippen LogP contribution in [0, 0.1) is 0 Å². The Morgan fingerprint density at radius 1 is 1.33 bits per heavy atom. The third-order valence-electron chi connectivity index (χ3n) is 2.86. The van der Waals surface area contributed by atoms with Crippen molar-refractivity contribution in [1.82, 2.24) is 5.43 Å². The maximum absolute atomic E-state index is 11.7. The van der Waals surface area contributed by atoms with E-state index in [2.05, 4.69) is 26.5 Å². The van der Waals surface area contributed by atoms with Gasteiger partial charge >= 0.3 is 0 Å². The standard InChI is InChI=1S/C16H14BrClN2O4/c1-23-15-6-10(2-4-13(15)21)8-19-20-16(22)9-24-14-5-3-11(17)7-12(14)18/h2-8,21H,9H2,1H3,(H,20,22)/b19-8+. The second-order valence-electron chi connectivity index (χ2n) is 4.59. The Labute approximate surface area is 152 Å². The van der Waals surface area contributed by atoms with Crippen LogP contribution in [0.2, 0.25) is 5.02 Å². The molecule has 0 saturated heterocycles. The molecule has 0 radical (unpaired) electrons. The monoisotopic (exact) mass is 412 g/mol. The number of benzene rings is 2. The van der Waals surface area contributed by atoms with Crippen molar-refractivity contribution < 1.29 is 19.4 Å². The largest absolute Gasteiger partial charge is 0.504 e. The van der Waals surface area contributed by atoms with E-state index in [-0.39, 0.29) is 12.4 Å². The summed E-state index contributed by atoms with van der Waals surface area (Å²) in [5.41, 5.74) is 2.99. The summed E-state index contributed by atoms with van der Waals surface area (Å²) in [6, 6.07) is 9.78. The fourth-order valence-corrected chi connectivity index (χ4v) is 2.45. The van der Waals surface area contributed by atoms with Gasteiger partial charge in [0.2, 0.25) is 0 Å². The zero-order chi connectivity index (χ0) is 17.5. The van der Waals surface area contributed by atoms with E-state index in [0.717, 1.165) is 4.47 Å². The van der Waals surface area contributed by atoms with E-state index in [1.165, 1.54) is 19.4 Å². The first kappa shape index (κ1) is 18.1. The van der Waals surface area contributed by atoms with Gasteiger partial charge in [-0.15, -0.1) is 0 Å². The molecule has 0 fully saturated rings. The first-order valence-electron chi connectivity index (χ1n) is 6.76. The molecule has 1 amide bonds. The predicted octanol–water partition coefficient (Wildman–Crippen LogP) is 3.35. The Bertz CT molecular complexity index is 768. The van der Waals surface area contributed by atoms with Gasteiger partial charge in [0.05, 0.1) is 18.3 Å². The van der Waals surface area contributed by atoms with Gasteiger partial charge in [-0.1, -0.05) is 27.5 Å². The number of carbonyl (C=O) groups is 1. The number of methoxy groups -OCH3 is 1. The number of amides is 1. The molecule has 24 heavy (non-hydrogen) atoms. The summed E-state index contributed by atoms with van der Waals surface area (Å²) in [5.74, 6) is 0.315. The lowest BCUT2D eigenvalue weighted by atomic mass is 10.2. The average Bonchev–Trinajstić information content (AvgIpc) is 2.55. The van der Waals surface area contributed by atoms with Crippen molar-refractivity contribution in [3.63, 3.8) is 0 Å². The molecule has 0 aromatic heterocycles. The number of carbonyl (C=O) groups excluding carboxylic acids is 1. The van der Waals surface area contributed by atoms with Gasteiger partial charge < -0.3 is 14.6 Å². The summed E-state index contributed by atoms with van der Waals surface area (Å²) >= 11 is 9.27. The van der Waals surface area contributed by atoms with Crippen LogP contribution in [0.1, 0.15) is 5.56 Å². The predicted molar refractivity (Wildman–Crippen MR) is 95.0 cm³/mol. The van der Waals surface area contributed by atoms with Crippen molar-refractivity contribution in [2.75, 3.05) is 13.7 Å². The number of halogens is 2. The molecule has 2 aromatic rings. The van der Waals surface area contributed by atoms with Gasteiger partial charge in [0.15, 0.2) is 18.1 Å². The molecule has 6 nitrogen and oxygen atoms in total. The van der Waals surface area contributed by atoms with E-state index < -0.39 is 5.91 Å². The van der Waals surface area contributed by atoms with Gasteiger partial charge in [-0.25, -0.2) is 5.43 Å². The van der Waals surface area contributed by atoms with Gasteiger partial charge in [0.1, 0.15) is 5.75 Å². The average molecular weight is 414 g/mol. The number of aromatic hydroxyl groups is 1. The Morgan fingerprint density at radius 3 is 2.83 bits per heavy atom. The normalized spacial score (nSPS) is 10.6. The second kappa shape index (κ2) is 8.56. The van der Waals surface area contributed by atoms with Crippen LogP contribution in [0.4, 0.5) is 0 Å². The smallest absolute Gasteiger partial charge is 0.277 e. The molecule has 8 heteroatoms. The highest BCUT2D eigenvalue weighted by Crippen LogP contribution is 2.27. The molecule has 0 aliphatic heterocycles. The Kier molecular flexibility index (Phi) is 6.45. The molecule has 126 valence electrons. The third-order valence-corrected chi connectivity index (χ3v) is 3.65. The molecule has 0 saturated carbocycles. The summed E-state index contributed by atoms with van der Waals surface area (Å²) < 4.78 is 11.1. The number of ether oxygens (including phenoxy) is 2. The number of nitrogens with one attached hydrogen (secondary N) is 1. The molecule has 0 aliphatic rings. The number of hydrazone groups is 1. The van der Waals surface area contributed by atoms with E-state index in [9.17, 15) is 9.90 Å². The van der Waals surface area contributed by atoms with Crippen LogP contribution in [-0.4, -0.2) is 30.9 Å². The lowest BCUT2D eigenvalue weighted by Gasteiger charge is -2.07. The minimum atomic E-state index is -0.434. The summed E-state index contributed by atoms with van der Waals surface area (Å²) in [6.45, 7) is -0.225. The van der Waals surface area contributed by atoms with Gasteiger partial charge in [-0.3, -0.25) is 4.79 Å². The molecule has 0 bridgehead atoms. The third kappa shape index (κ3) is 5.14. The number of hydrogen-bond acceptors (Lipinski definition) is 5. The number of phenols is 1. The van der Waals surface area contributed by atoms with Gasteiger partial charge in [0, 0.05) is 4.47 Å². The van der Waals surface area contributed by atoms with Crippen molar-refractivity contribution in [1.29, 1.82) is 0 Å². The van der Waals surface area contributed by atoms with Crippen molar-refractivity contribution in [3.8, 4) is 17.2 Å². The highest BCUT2D eigenvalue weighted by molar-refractivity contribution is 9.10. The molecular formula is C16H14BrClN2O4. The zero-order valence-electron chi connectivity index (χ0n) is 12.6. The molecule has 2 aromatic carbocycles. The fraction of sp³-hybridized carbons (Fsp3) is 0.125. The fourth-order valence-electron chi connectivity index (χ4n) is 1.72. The van der Waals surface area contributed by atoms with Crippen molar-refractivity contribution in [2.45, 2.75) is 0 Å². The Balaban J connectivity index is 1.86. The first-order chi connectivity index (χ1) is 11.5. The van der Waals surface area contributed by atoms with Crippen LogP contribution in [0.25, 0.3) is 0 Å². The molecule has 0 aliphatic carbocycles. The van der Waals surface area contributed by atoms with E-state index in [1.54, 1.807) is 30.3 Å². The second-order valence-corrected chi connectivity index (χ2v) is 5.91. The topological polar surface area (TPSA) is 80.2 Å². The van der Waals surface area contributed by atoms with E-state index in [4.69, 9.17) is 21.1 Å². The van der Waals surface area contributed by atoms with Crippen LogP contribution in [-0.2, 0) is 4.79 Å². The number of phenolic OH excluding ortho intramolecular Hbond substituents is 1. The number of hydrogen-bond donors (Lipinski definition) is 2. The lowest BCUT2D eigenvalue weighted by Crippen LogP contribution is -2.24. The van der Waals surface area contributed by atoms with Crippen LogP contribution in [0.5, 0.6) is 17.2 Å². The molecule has 2 N–H and O–H groups in total. The van der Waals surface area contributed by atoms with Crippen LogP contribution in [0.3, 0.4) is 0 Å². The summed E-state index contributed by atoms with van der Waals surface area (Å²) in [4.78, 5) is 11.7. The molecule has 0 spiro atoms. The molecule has 0 unspecified atom stereocenters. The quantitative estimate of drug-likeness (QED) is 0.562. The van der Waals surface area contributed by atoms with E-state index in [1.807, 2.05) is 0 Å². The number of nitrogens with zero attached hydrogens (tertiary/aromatic N) is 1. The van der Waals surface area contributed by atoms with Crippen molar-refractivity contribution >= 4 is 39.7 Å². The lowest BCUT2D eigenvalue weighted by molar-refractivity contribution is -0.123. The van der Waals surface area contributed by atoms with E-state index >= 15 is 0 Å². The van der Waals surface area contributed by atoms with Gasteiger partial charge in [-0.05, 0) is 42.0 Å². The van der Waals surface area contributed by atoms with E-state index in [0.29, 0.717) is 22.1 Å².